The first-order chi connectivity index (χ1) is 9.69. The monoisotopic (exact) mass is 348 g/mol. The van der Waals surface area contributed by atoms with Crippen LogP contribution in [0.1, 0.15) is 5.56 Å². The molecule has 0 fully saturated rings. The van der Waals surface area contributed by atoms with E-state index in [0.717, 1.165) is 27.8 Å². The summed E-state index contributed by atoms with van der Waals surface area (Å²) in [5.74, 6) is 0.808. The molecule has 3 aromatic rings. The van der Waals surface area contributed by atoms with Gasteiger partial charge in [-0.2, -0.15) is 0 Å². The number of halogens is 1. The molecular formula is C15H13BrN2OS. The number of hydrogen-bond acceptors (Lipinski definition) is 2. The van der Waals surface area contributed by atoms with Crippen molar-refractivity contribution in [1.82, 2.24) is 9.55 Å². The number of rotatable bonds is 3. The Morgan fingerprint density at radius 2 is 1.95 bits per heavy atom. The zero-order chi connectivity index (χ0) is 14.1. The van der Waals surface area contributed by atoms with E-state index in [4.69, 9.17) is 17.0 Å². The molecule has 0 spiro atoms. The van der Waals surface area contributed by atoms with Gasteiger partial charge in [0, 0.05) is 4.47 Å². The normalized spacial score (nSPS) is 10.9. The summed E-state index contributed by atoms with van der Waals surface area (Å²) in [4.78, 5) is 3.22. The van der Waals surface area contributed by atoms with E-state index in [1.54, 1.807) is 7.11 Å². The molecule has 0 atom stereocenters. The number of hydrogen-bond donors (Lipinski definition) is 1. The summed E-state index contributed by atoms with van der Waals surface area (Å²) in [6.07, 6.45) is 0. The average Bonchev–Trinajstić information content (AvgIpc) is 2.77. The van der Waals surface area contributed by atoms with Crippen LogP contribution in [-0.4, -0.2) is 16.7 Å². The number of nitrogens with one attached hydrogen (secondary N) is 1. The van der Waals surface area contributed by atoms with Crippen molar-refractivity contribution < 1.29 is 4.74 Å². The Bertz CT molecular complexity index is 805. The molecule has 2 aromatic carbocycles. The van der Waals surface area contributed by atoms with Crippen LogP contribution in [0, 0.1) is 4.77 Å². The second-order valence-electron chi connectivity index (χ2n) is 4.50. The Balaban J connectivity index is 2.10. The summed E-state index contributed by atoms with van der Waals surface area (Å²) in [5, 5.41) is 0. The smallest absolute Gasteiger partial charge is 0.178 e. The van der Waals surface area contributed by atoms with Crippen LogP contribution >= 0.6 is 28.1 Å². The van der Waals surface area contributed by atoms with Crippen LogP contribution in [0.15, 0.2) is 46.9 Å². The Hall–Kier alpha value is -1.59. The summed E-state index contributed by atoms with van der Waals surface area (Å²) >= 11 is 8.87. The molecule has 102 valence electrons. The molecular weight excluding hydrogens is 336 g/mol. The second kappa shape index (κ2) is 5.42. The van der Waals surface area contributed by atoms with Crippen LogP contribution in [0.25, 0.3) is 11.0 Å². The van der Waals surface area contributed by atoms with Gasteiger partial charge in [-0.15, -0.1) is 0 Å². The largest absolute Gasteiger partial charge is 0.494 e. The van der Waals surface area contributed by atoms with Gasteiger partial charge in [0.2, 0.25) is 0 Å². The van der Waals surface area contributed by atoms with Gasteiger partial charge in [-0.1, -0.05) is 34.1 Å². The summed E-state index contributed by atoms with van der Waals surface area (Å²) in [5.41, 5.74) is 3.20. The molecule has 0 amide bonds. The van der Waals surface area contributed by atoms with Gasteiger partial charge >= 0.3 is 0 Å². The van der Waals surface area contributed by atoms with Gasteiger partial charge in [0.05, 0.1) is 19.2 Å². The fourth-order valence-electron chi connectivity index (χ4n) is 2.25. The Labute approximate surface area is 130 Å². The third-order valence-electron chi connectivity index (χ3n) is 3.25. The number of ether oxygens (including phenoxy) is 1. The highest BCUT2D eigenvalue weighted by Gasteiger charge is 2.08. The van der Waals surface area contributed by atoms with Crippen LogP contribution < -0.4 is 4.74 Å². The number of aromatic amines is 1. The maximum absolute atomic E-state index is 5.43. The SMILES string of the molecule is COc1cccc2c1[nH]c(=S)n2Cc1ccc(Br)cc1. The molecule has 0 aliphatic heterocycles. The van der Waals surface area contributed by atoms with Gasteiger partial charge in [-0.3, -0.25) is 0 Å². The van der Waals surface area contributed by atoms with Gasteiger partial charge in [0.1, 0.15) is 11.3 Å². The lowest BCUT2D eigenvalue weighted by Gasteiger charge is -2.06. The zero-order valence-electron chi connectivity index (χ0n) is 10.9. The van der Waals surface area contributed by atoms with Gasteiger partial charge in [0.15, 0.2) is 4.77 Å². The van der Waals surface area contributed by atoms with Gasteiger partial charge in [-0.05, 0) is 42.0 Å². The highest BCUT2D eigenvalue weighted by molar-refractivity contribution is 9.10. The molecule has 0 aliphatic rings. The van der Waals surface area contributed by atoms with E-state index in [1.165, 1.54) is 5.56 Å². The molecule has 20 heavy (non-hydrogen) atoms. The van der Waals surface area contributed by atoms with Crippen LogP contribution in [0.2, 0.25) is 0 Å². The average molecular weight is 349 g/mol. The highest BCUT2D eigenvalue weighted by atomic mass is 79.9. The van der Waals surface area contributed by atoms with Crippen molar-refractivity contribution in [3.63, 3.8) is 0 Å². The first kappa shape index (κ1) is 13.4. The quantitative estimate of drug-likeness (QED) is 0.705. The summed E-state index contributed by atoms with van der Waals surface area (Å²) in [7, 11) is 1.66. The molecule has 1 N–H and O–H groups in total. The van der Waals surface area contributed by atoms with E-state index in [2.05, 4.69) is 37.6 Å². The van der Waals surface area contributed by atoms with E-state index in [0.29, 0.717) is 4.77 Å². The highest BCUT2D eigenvalue weighted by Crippen LogP contribution is 2.25. The molecule has 0 saturated carbocycles. The molecule has 5 heteroatoms. The van der Waals surface area contributed by atoms with Gasteiger partial charge in [-0.25, -0.2) is 0 Å². The molecule has 1 aromatic heterocycles. The number of nitrogens with zero attached hydrogens (tertiary/aromatic N) is 1. The van der Waals surface area contributed by atoms with Crippen LogP contribution in [0.5, 0.6) is 5.75 Å². The zero-order valence-corrected chi connectivity index (χ0v) is 13.3. The number of imidazole rings is 1. The fourth-order valence-corrected chi connectivity index (χ4v) is 2.78. The number of aromatic nitrogens is 2. The van der Waals surface area contributed by atoms with Crippen molar-refractivity contribution in [2.45, 2.75) is 6.54 Å². The van der Waals surface area contributed by atoms with Gasteiger partial charge in [0.25, 0.3) is 0 Å². The first-order valence-electron chi connectivity index (χ1n) is 6.19. The Morgan fingerprint density at radius 1 is 1.20 bits per heavy atom. The number of fused-ring (bicyclic) bond motifs is 1. The van der Waals surface area contributed by atoms with E-state index in [1.807, 2.05) is 30.3 Å². The molecule has 3 nitrogen and oxygen atoms in total. The standard InChI is InChI=1S/C15H13BrN2OS/c1-19-13-4-2-3-12-14(13)17-15(20)18(12)9-10-5-7-11(16)8-6-10/h2-8H,9H2,1H3,(H,17,20). The van der Waals surface area contributed by atoms with Crippen molar-refractivity contribution in [3.8, 4) is 5.75 Å². The van der Waals surface area contributed by atoms with Crippen molar-refractivity contribution in [1.29, 1.82) is 0 Å². The van der Waals surface area contributed by atoms with Crippen molar-refractivity contribution in [2.75, 3.05) is 7.11 Å². The maximum Gasteiger partial charge on any atom is 0.178 e. The molecule has 0 bridgehead atoms. The lowest BCUT2D eigenvalue weighted by Crippen LogP contribution is -1.99. The summed E-state index contributed by atoms with van der Waals surface area (Å²) < 4.78 is 9.22. The first-order valence-corrected chi connectivity index (χ1v) is 7.39. The second-order valence-corrected chi connectivity index (χ2v) is 5.80. The number of H-pyrrole nitrogens is 1. The minimum atomic E-state index is 0.701. The van der Waals surface area contributed by atoms with E-state index >= 15 is 0 Å². The minimum absolute atomic E-state index is 0.701. The van der Waals surface area contributed by atoms with Crippen LogP contribution in [-0.2, 0) is 6.54 Å². The maximum atomic E-state index is 5.43. The molecule has 3 rings (SSSR count). The van der Waals surface area contributed by atoms with Gasteiger partial charge < -0.3 is 14.3 Å². The summed E-state index contributed by atoms with van der Waals surface area (Å²) in [6.45, 7) is 0.735. The van der Waals surface area contributed by atoms with Crippen LogP contribution in [0.3, 0.4) is 0 Å². The number of methoxy groups -OCH3 is 1. The predicted molar refractivity (Wildman–Crippen MR) is 86.9 cm³/mol. The summed E-state index contributed by atoms with van der Waals surface area (Å²) in [6, 6.07) is 14.2. The third kappa shape index (κ3) is 2.39. The van der Waals surface area contributed by atoms with Crippen molar-refractivity contribution in [3.05, 3.63) is 57.3 Å². The van der Waals surface area contributed by atoms with E-state index < -0.39 is 0 Å². The van der Waals surface area contributed by atoms with Crippen molar-refractivity contribution >= 4 is 39.2 Å². The predicted octanol–water partition coefficient (Wildman–Crippen LogP) is 4.52. The van der Waals surface area contributed by atoms with E-state index in [9.17, 15) is 0 Å². The Kier molecular flexibility index (Phi) is 3.63. The molecule has 0 saturated heterocycles. The lowest BCUT2D eigenvalue weighted by atomic mass is 10.2. The topological polar surface area (TPSA) is 29.9 Å². The van der Waals surface area contributed by atoms with Crippen LogP contribution in [0.4, 0.5) is 0 Å². The molecule has 0 unspecified atom stereocenters. The minimum Gasteiger partial charge on any atom is -0.494 e. The van der Waals surface area contributed by atoms with E-state index in [-0.39, 0.29) is 0 Å². The number of benzene rings is 2. The Morgan fingerprint density at radius 3 is 2.65 bits per heavy atom. The fraction of sp³-hybridized carbons (Fsp3) is 0.133. The molecule has 1 heterocycles. The lowest BCUT2D eigenvalue weighted by molar-refractivity contribution is 0.419. The third-order valence-corrected chi connectivity index (χ3v) is 4.10. The van der Waals surface area contributed by atoms with Crippen molar-refractivity contribution in [2.24, 2.45) is 0 Å². The molecule has 0 aliphatic carbocycles. The molecule has 0 radical (unpaired) electrons. The number of para-hydroxylation sites is 1.